The summed E-state index contributed by atoms with van der Waals surface area (Å²) in [6.07, 6.45) is 2.90. The predicted octanol–water partition coefficient (Wildman–Crippen LogP) is 3.53. The summed E-state index contributed by atoms with van der Waals surface area (Å²) in [5.74, 6) is -0.233. The predicted molar refractivity (Wildman–Crippen MR) is 109 cm³/mol. The molecule has 2 aromatic carbocycles. The van der Waals surface area contributed by atoms with Crippen LogP contribution in [0.3, 0.4) is 0 Å². The highest BCUT2D eigenvalue weighted by atomic mass is 16.5. The van der Waals surface area contributed by atoms with Gasteiger partial charge in [-0.3, -0.25) is 4.79 Å². The average molecular weight is 379 g/mol. The second-order valence-electron chi connectivity index (χ2n) is 6.65. The van der Waals surface area contributed by atoms with Gasteiger partial charge in [-0.15, -0.1) is 0 Å². The van der Waals surface area contributed by atoms with Crippen molar-refractivity contribution in [1.29, 1.82) is 0 Å². The molecule has 0 saturated heterocycles. The van der Waals surface area contributed by atoms with E-state index in [2.05, 4.69) is 21.7 Å². The molecule has 28 heavy (non-hydrogen) atoms. The number of hydrogen-bond donors (Lipinski definition) is 3. The van der Waals surface area contributed by atoms with Crippen molar-refractivity contribution in [1.82, 2.24) is 15.6 Å². The number of aromatic amines is 1. The molecule has 1 aromatic heterocycles. The number of para-hydroxylation sites is 1. The summed E-state index contributed by atoms with van der Waals surface area (Å²) >= 11 is 0. The first kappa shape index (κ1) is 19.5. The van der Waals surface area contributed by atoms with Crippen LogP contribution in [-0.4, -0.2) is 29.6 Å². The highest BCUT2D eigenvalue weighted by molar-refractivity contribution is 5.84. The Morgan fingerprint density at radius 1 is 1.07 bits per heavy atom. The van der Waals surface area contributed by atoms with Crippen molar-refractivity contribution in [2.75, 3.05) is 6.54 Å². The fourth-order valence-electron chi connectivity index (χ4n) is 3.07. The molecular formula is C22H25N3O3. The van der Waals surface area contributed by atoms with Crippen molar-refractivity contribution in [2.45, 2.75) is 32.4 Å². The smallest absolute Gasteiger partial charge is 0.407 e. The quantitative estimate of drug-likeness (QED) is 0.560. The van der Waals surface area contributed by atoms with Crippen LogP contribution in [0, 0.1) is 0 Å². The van der Waals surface area contributed by atoms with Gasteiger partial charge in [-0.2, -0.15) is 0 Å². The lowest BCUT2D eigenvalue weighted by atomic mass is 10.0. The van der Waals surface area contributed by atoms with Gasteiger partial charge in [0.1, 0.15) is 13.2 Å². The largest absolute Gasteiger partial charge is 0.445 e. The van der Waals surface area contributed by atoms with Crippen LogP contribution >= 0.6 is 0 Å². The molecule has 0 saturated carbocycles. The molecule has 0 aliphatic heterocycles. The van der Waals surface area contributed by atoms with Gasteiger partial charge in [0, 0.05) is 23.1 Å². The van der Waals surface area contributed by atoms with Crippen molar-refractivity contribution in [3.05, 3.63) is 71.9 Å². The minimum Gasteiger partial charge on any atom is -0.445 e. The van der Waals surface area contributed by atoms with E-state index in [1.807, 2.05) is 61.7 Å². The maximum Gasteiger partial charge on any atom is 0.407 e. The van der Waals surface area contributed by atoms with Gasteiger partial charge in [0.25, 0.3) is 0 Å². The number of alkyl carbamates (subject to hydrolysis) is 1. The number of rotatable bonds is 8. The molecule has 0 bridgehead atoms. The van der Waals surface area contributed by atoms with E-state index in [-0.39, 0.29) is 25.1 Å². The van der Waals surface area contributed by atoms with Crippen LogP contribution in [0.4, 0.5) is 4.79 Å². The fourth-order valence-corrected chi connectivity index (χ4v) is 3.07. The molecule has 6 heteroatoms. The average Bonchev–Trinajstić information content (AvgIpc) is 3.14. The van der Waals surface area contributed by atoms with E-state index < -0.39 is 6.09 Å². The van der Waals surface area contributed by atoms with Gasteiger partial charge in [0.15, 0.2) is 0 Å². The van der Waals surface area contributed by atoms with E-state index >= 15 is 0 Å². The van der Waals surface area contributed by atoms with E-state index in [9.17, 15) is 9.59 Å². The molecule has 0 spiro atoms. The first-order valence-corrected chi connectivity index (χ1v) is 9.44. The summed E-state index contributed by atoms with van der Waals surface area (Å²) in [5, 5.41) is 6.63. The number of fused-ring (bicyclic) bond motifs is 1. The Labute approximate surface area is 164 Å². The second-order valence-corrected chi connectivity index (χ2v) is 6.65. The van der Waals surface area contributed by atoms with Crippen LogP contribution in [0.2, 0.25) is 0 Å². The minimum absolute atomic E-state index is 0.00570. The summed E-state index contributed by atoms with van der Waals surface area (Å²) in [6, 6.07) is 17.5. The third-order valence-electron chi connectivity index (χ3n) is 4.61. The highest BCUT2D eigenvalue weighted by Gasteiger charge is 2.14. The van der Waals surface area contributed by atoms with Gasteiger partial charge in [-0.05, 0) is 30.0 Å². The first-order chi connectivity index (χ1) is 13.7. The van der Waals surface area contributed by atoms with Crippen molar-refractivity contribution >= 4 is 22.9 Å². The van der Waals surface area contributed by atoms with Gasteiger partial charge in [0.2, 0.25) is 5.91 Å². The lowest BCUT2D eigenvalue weighted by molar-refractivity contribution is -0.120. The van der Waals surface area contributed by atoms with Crippen molar-refractivity contribution in [3.63, 3.8) is 0 Å². The zero-order valence-corrected chi connectivity index (χ0v) is 15.9. The van der Waals surface area contributed by atoms with Crippen LogP contribution in [0.15, 0.2) is 60.8 Å². The third-order valence-corrected chi connectivity index (χ3v) is 4.61. The number of amides is 2. The highest BCUT2D eigenvalue weighted by Crippen LogP contribution is 2.19. The number of hydrogen-bond acceptors (Lipinski definition) is 3. The zero-order chi connectivity index (χ0) is 19.8. The second kappa shape index (κ2) is 9.60. The molecule has 0 fully saturated rings. The number of carbonyl (C=O) groups is 2. The normalized spacial score (nSPS) is 11.8. The Bertz CT molecular complexity index is 921. The summed E-state index contributed by atoms with van der Waals surface area (Å²) in [4.78, 5) is 27.2. The lowest BCUT2D eigenvalue weighted by Gasteiger charge is -2.17. The van der Waals surface area contributed by atoms with Crippen LogP contribution < -0.4 is 10.6 Å². The molecule has 3 aromatic rings. The molecule has 3 N–H and O–H groups in total. The van der Waals surface area contributed by atoms with Crippen LogP contribution in [0.1, 0.15) is 24.5 Å². The molecule has 1 unspecified atom stereocenters. The monoisotopic (exact) mass is 379 g/mol. The molecule has 2 amide bonds. The van der Waals surface area contributed by atoms with Gasteiger partial charge < -0.3 is 20.4 Å². The molecule has 0 aliphatic carbocycles. The van der Waals surface area contributed by atoms with E-state index in [1.165, 1.54) is 0 Å². The van der Waals surface area contributed by atoms with Crippen molar-refractivity contribution in [2.24, 2.45) is 0 Å². The number of carbonyl (C=O) groups excluding carboxylic acids is 2. The number of ether oxygens (including phenoxy) is 1. The Hall–Kier alpha value is -3.28. The summed E-state index contributed by atoms with van der Waals surface area (Å²) in [5.41, 5.74) is 3.14. The van der Waals surface area contributed by atoms with E-state index in [1.54, 1.807) is 0 Å². The van der Waals surface area contributed by atoms with Gasteiger partial charge in [0.05, 0.1) is 0 Å². The molecule has 0 radical (unpaired) electrons. The Kier molecular flexibility index (Phi) is 6.68. The van der Waals surface area contributed by atoms with E-state index in [0.717, 1.165) is 34.9 Å². The summed E-state index contributed by atoms with van der Waals surface area (Å²) < 4.78 is 5.11. The fraction of sp³-hybridized carbons (Fsp3) is 0.273. The minimum atomic E-state index is -0.608. The molecule has 1 heterocycles. The topological polar surface area (TPSA) is 83.2 Å². The molecule has 146 valence electrons. The third kappa shape index (κ3) is 5.36. The Balaban J connectivity index is 1.44. The molecular weight excluding hydrogens is 354 g/mol. The number of H-pyrrole nitrogens is 1. The lowest BCUT2D eigenvalue weighted by Crippen LogP contribution is -2.42. The first-order valence-electron chi connectivity index (χ1n) is 9.44. The van der Waals surface area contributed by atoms with Crippen molar-refractivity contribution < 1.29 is 14.3 Å². The Morgan fingerprint density at radius 3 is 2.61 bits per heavy atom. The van der Waals surface area contributed by atoms with Crippen LogP contribution in [-0.2, 0) is 22.6 Å². The number of aromatic nitrogens is 1. The van der Waals surface area contributed by atoms with Crippen molar-refractivity contribution in [3.8, 4) is 0 Å². The zero-order valence-electron chi connectivity index (χ0n) is 15.9. The molecule has 3 rings (SSSR count). The van der Waals surface area contributed by atoms with E-state index in [0.29, 0.717) is 0 Å². The van der Waals surface area contributed by atoms with Crippen LogP contribution in [0.25, 0.3) is 10.9 Å². The van der Waals surface area contributed by atoms with E-state index in [4.69, 9.17) is 4.74 Å². The number of nitrogens with one attached hydrogen (secondary N) is 3. The van der Waals surface area contributed by atoms with Gasteiger partial charge in [-0.1, -0.05) is 55.5 Å². The molecule has 0 aliphatic rings. The SMILES string of the molecule is CCC(Cc1c[nH]c2ccccc12)NC(=O)CNC(=O)OCc1ccccc1. The maximum atomic E-state index is 12.2. The number of benzene rings is 2. The Morgan fingerprint density at radius 2 is 1.82 bits per heavy atom. The standard InChI is InChI=1S/C22H25N3O3/c1-2-18(12-17-13-23-20-11-7-6-10-19(17)20)25-21(26)14-24-22(27)28-15-16-8-4-3-5-9-16/h3-11,13,18,23H,2,12,14-15H2,1H3,(H,24,27)(H,25,26). The summed E-state index contributed by atoms with van der Waals surface area (Å²) in [6.45, 7) is 2.09. The van der Waals surface area contributed by atoms with Gasteiger partial charge in [-0.25, -0.2) is 4.79 Å². The van der Waals surface area contributed by atoms with Crippen LogP contribution in [0.5, 0.6) is 0 Å². The summed E-state index contributed by atoms with van der Waals surface area (Å²) in [7, 11) is 0. The molecule has 1 atom stereocenters. The van der Waals surface area contributed by atoms with Gasteiger partial charge >= 0.3 is 6.09 Å². The molecule has 6 nitrogen and oxygen atoms in total. The maximum absolute atomic E-state index is 12.2.